The average Bonchev–Trinajstić information content (AvgIpc) is 2.35. The molecule has 2 rings (SSSR count). The van der Waals surface area contributed by atoms with E-state index in [0.29, 0.717) is 9.13 Å². The molecule has 0 saturated carbocycles. The molecule has 0 aromatic heterocycles. The Morgan fingerprint density at radius 2 is 1.63 bits per heavy atom. The van der Waals surface area contributed by atoms with Crippen molar-refractivity contribution in [2.75, 3.05) is 0 Å². The van der Waals surface area contributed by atoms with E-state index in [2.05, 4.69) is 0 Å². The summed E-state index contributed by atoms with van der Waals surface area (Å²) in [7, 11) is 0. The van der Waals surface area contributed by atoms with Gasteiger partial charge >= 0.3 is 11.9 Å². The summed E-state index contributed by atoms with van der Waals surface area (Å²) < 4.78 is 0.651. The predicted octanol–water partition coefficient (Wildman–Crippen LogP) is 3.46. The van der Waals surface area contributed by atoms with Crippen LogP contribution in [0, 0.1) is 17.4 Å². The molecule has 19 heavy (non-hydrogen) atoms. The number of hydrogen-bond acceptors (Lipinski definition) is 2. The lowest BCUT2D eigenvalue weighted by atomic mass is 9.94. The van der Waals surface area contributed by atoms with Crippen LogP contribution in [0.5, 0.6) is 0 Å². The van der Waals surface area contributed by atoms with E-state index in [0.717, 1.165) is 16.3 Å². The molecular formula is C14H11IO4. The van der Waals surface area contributed by atoms with Crippen LogP contribution in [-0.2, 0) is 0 Å². The molecule has 0 amide bonds. The monoisotopic (exact) mass is 370 g/mol. The predicted molar refractivity (Wildman–Crippen MR) is 80.1 cm³/mol. The number of benzene rings is 2. The minimum absolute atomic E-state index is 0.203. The first kappa shape index (κ1) is 13.8. The Kier molecular flexibility index (Phi) is 3.49. The molecule has 2 N–H and O–H groups in total. The van der Waals surface area contributed by atoms with Crippen LogP contribution in [-0.4, -0.2) is 22.2 Å². The molecule has 4 nitrogen and oxygen atoms in total. The molecule has 98 valence electrons. The van der Waals surface area contributed by atoms with Crippen molar-refractivity contribution < 1.29 is 19.8 Å². The minimum Gasteiger partial charge on any atom is -0.478 e. The largest absolute Gasteiger partial charge is 0.478 e. The van der Waals surface area contributed by atoms with Crippen molar-refractivity contribution in [3.8, 4) is 0 Å². The molecule has 0 radical (unpaired) electrons. The molecular weight excluding hydrogens is 359 g/mol. The van der Waals surface area contributed by atoms with E-state index in [4.69, 9.17) is 5.11 Å². The summed E-state index contributed by atoms with van der Waals surface area (Å²) >= 11 is 1.99. The first-order valence-corrected chi connectivity index (χ1v) is 6.61. The zero-order chi connectivity index (χ0) is 14.3. The van der Waals surface area contributed by atoms with Gasteiger partial charge in [-0.05, 0) is 70.5 Å². The van der Waals surface area contributed by atoms with Gasteiger partial charge in [0.1, 0.15) is 0 Å². The van der Waals surface area contributed by atoms with Gasteiger partial charge in [0.2, 0.25) is 0 Å². The van der Waals surface area contributed by atoms with E-state index in [1.54, 1.807) is 19.1 Å². The summed E-state index contributed by atoms with van der Waals surface area (Å²) in [6.07, 6.45) is 0. The molecule has 0 unspecified atom stereocenters. The maximum Gasteiger partial charge on any atom is 0.337 e. The van der Waals surface area contributed by atoms with Crippen LogP contribution >= 0.6 is 22.6 Å². The van der Waals surface area contributed by atoms with Crippen molar-refractivity contribution in [3.63, 3.8) is 0 Å². The average molecular weight is 370 g/mol. The van der Waals surface area contributed by atoms with Crippen LogP contribution in [0.15, 0.2) is 18.2 Å². The van der Waals surface area contributed by atoms with E-state index in [-0.39, 0.29) is 11.1 Å². The van der Waals surface area contributed by atoms with Crippen molar-refractivity contribution in [2.24, 2.45) is 0 Å². The van der Waals surface area contributed by atoms with Gasteiger partial charge in [0.25, 0.3) is 0 Å². The molecule has 0 bridgehead atoms. The number of aromatic carboxylic acids is 2. The minimum atomic E-state index is -0.990. The lowest BCUT2D eigenvalue weighted by Crippen LogP contribution is -2.06. The topological polar surface area (TPSA) is 74.6 Å². The van der Waals surface area contributed by atoms with E-state index in [1.165, 1.54) is 6.07 Å². The van der Waals surface area contributed by atoms with Crippen LogP contribution in [0.1, 0.15) is 31.8 Å². The fourth-order valence-electron chi connectivity index (χ4n) is 2.17. The third-order valence-electron chi connectivity index (χ3n) is 3.21. The number of rotatable bonds is 2. The Morgan fingerprint density at radius 1 is 1.00 bits per heavy atom. The fraction of sp³-hybridized carbons (Fsp3) is 0.143. The standard InChI is InChI=1S/C14H11IO4/c1-6-9-4-3-8(13(16)17)5-10(9)7(2)12(15)11(6)14(18)19/h3-5H,1-2H3,(H,16,17)(H,18,19). The second-order valence-electron chi connectivity index (χ2n) is 4.31. The van der Waals surface area contributed by atoms with Crippen LogP contribution in [0.25, 0.3) is 10.8 Å². The highest BCUT2D eigenvalue weighted by Crippen LogP contribution is 2.31. The summed E-state index contributed by atoms with van der Waals surface area (Å²) in [5, 5.41) is 19.9. The fourth-order valence-corrected chi connectivity index (χ4v) is 3.10. The van der Waals surface area contributed by atoms with Gasteiger partial charge in [0, 0.05) is 3.57 Å². The van der Waals surface area contributed by atoms with Crippen molar-refractivity contribution in [1.29, 1.82) is 0 Å². The molecule has 0 aliphatic heterocycles. The Balaban J connectivity index is 2.93. The number of carboxylic acid groups (broad SMARTS) is 2. The highest BCUT2D eigenvalue weighted by Gasteiger charge is 2.18. The second kappa shape index (κ2) is 4.80. The van der Waals surface area contributed by atoms with Gasteiger partial charge in [-0.15, -0.1) is 0 Å². The lowest BCUT2D eigenvalue weighted by Gasteiger charge is -2.13. The number of carboxylic acids is 2. The third kappa shape index (κ3) is 2.18. The third-order valence-corrected chi connectivity index (χ3v) is 4.56. The van der Waals surface area contributed by atoms with E-state index in [9.17, 15) is 14.7 Å². The van der Waals surface area contributed by atoms with Crippen LogP contribution in [0.4, 0.5) is 0 Å². The van der Waals surface area contributed by atoms with E-state index >= 15 is 0 Å². The maximum absolute atomic E-state index is 11.3. The number of fused-ring (bicyclic) bond motifs is 1. The molecule has 0 aliphatic rings. The summed E-state index contributed by atoms with van der Waals surface area (Å²) in [5.41, 5.74) is 1.94. The molecule has 2 aromatic carbocycles. The summed E-state index contributed by atoms with van der Waals surface area (Å²) in [6.45, 7) is 3.55. The van der Waals surface area contributed by atoms with Gasteiger partial charge in [-0.2, -0.15) is 0 Å². The normalized spacial score (nSPS) is 10.7. The van der Waals surface area contributed by atoms with Gasteiger partial charge in [-0.3, -0.25) is 0 Å². The molecule has 0 atom stereocenters. The van der Waals surface area contributed by atoms with Crippen molar-refractivity contribution in [1.82, 2.24) is 0 Å². The van der Waals surface area contributed by atoms with E-state index in [1.807, 2.05) is 29.5 Å². The molecule has 0 spiro atoms. The summed E-state index contributed by atoms with van der Waals surface area (Å²) in [4.78, 5) is 22.3. The molecule has 0 aliphatic carbocycles. The first-order valence-electron chi connectivity index (χ1n) is 5.53. The van der Waals surface area contributed by atoms with Crippen LogP contribution in [0.2, 0.25) is 0 Å². The van der Waals surface area contributed by atoms with Crippen molar-refractivity contribution in [3.05, 3.63) is 44.0 Å². The molecule has 2 aromatic rings. The van der Waals surface area contributed by atoms with Gasteiger partial charge in [0.05, 0.1) is 11.1 Å². The van der Waals surface area contributed by atoms with Crippen molar-refractivity contribution in [2.45, 2.75) is 13.8 Å². The number of aryl methyl sites for hydroxylation is 2. The molecule has 0 fully saturated rings. The zero-order valence-electron chi connectivity index (χ0n) is 10.3. The Labute approximate surface area is 123 Å². The smallest absolute Gasteiger partial charge is 0.337 e. The highest BCUT2D eigenvalue weighted by atomic mass is 127. The molecule has 0 saturated heterocycles. The van der Waals surface area contributed by atoms with Crippen LogP contribution in [0.3, 0.4) is 0 Å². The lowest BCUT2D eigenvalue weighted by molar-refractivity contribution is 0.0684. The summed E-state index contributed by atoms with van der Waals surface area (Å²) in [5.74, 6) is -1.95. The Bertz CT molecular complexity index is 719. The second-order valence-corrected chi connectivity index (χ2v) is 5.39. The zero-order valence-corrected chi connectivity index (χ0v) is 12.5. The number of hydrogen-bond donors (Lipinski definition) is 2. The van der Waals surface area contributed by atoms with Gasteiger partial charge in [0.15, 0.2) is 0 Å². The summed E-state index contributed by atoms with van der Waals surface area (Å²) in [6, 6.07) is 4.76. The van der Waals surface area contributed by atoms with Crippen LogP contribution < -0.4 is 0 Å². The van der Waals surface area contributed by atoms with E-state index < -0.39 is 11.9 Å². The quantitative estimate of drug-likeness (QED) is 0.795. The van der Waals surface area contributed by atoms with Crippen molar-refractivity contribution >= 4 is 45.3 Å². The number of halogens is 1. The molecule has 0 heterocycles. The highest BCUT2D eigenvalue weighted by molar-refractivity contribution is 14.1. The van der Waals surface area contributed by atoms with Gasteiger partial charge < -0.3 is 10.2 Å². The van der Waals surface area contributed by atoms with Gasteiger partial charge in [-0.25, -0.2) is 9.59 Å². The SMILES string of the molecule is Cc1c(I)c(C(=O)O)c(C)c2ccc(C(=O)O)cc12. The molecule has 5 heteroatoms. The van der Waals surface area contributed by atoms with Gasteiger partial charge in [-0.1, -0.05) is 6.07 Å². The first-order chi connectivity index (χ1) is 8.84. The maximum atomic E-state index is 11.3. The Hall–Kier alpha value is -1.63. The Morgan fingerprint density at radius 3 is 2.16 bits per heavy atom. The number of carbonyl (C=O) groups is 2.